The molecule has 0 bridgehead atoms. The molecule has 0 aliphatic carbocycles. The summed E-state index contributed by atoms with van der Waals surface area (Å²) >= 11 is 0. The zero-order valence-electron chi connectivity index (χ0n) is 10.9. The molecule has 0 amide bonds. The third kappa shape index (κ3) is 2.36. The van der Waals surface area contributed by atoms with E-state index >= 15 is 0 Å². The van der Waals surface area contributed by atoms with E-state index in [1.165, 1.54) is 0 Å². The number of benzene rings is 2. The molecule has 0 aliphatic heterocycles. The lowest BCUT2D eigenvalue weighted by molar-refractivity contribution is 0.306. The van der Waals surface area contributed by atoms with Gasteiger partial charge in [-0.1, -0.05) is 30.3 Å². The molecule has 0 radical (unpaired) electrons. The van der Waals surface area contributed by atoms with Gasteiger partial charge in [-0.2, -0.15) is 0 Å². The highest BCUT2D eigenvalue weighted by atomic mass is 16.5. The second-order valence-electron chi connectivity index (χ2n) is 4.58. The largest absolute Gasteiger partial charge is 0.489 e. The van der Waals surface area contributed by atoms with Crippen LogP contribution in [-0.4, -0.2) is 4.98 Å². The average Bonchev–Trinajstić information content (AvgIpc) is 2.50. The third-order valence-corrected chi connectivity index (χ3v) is 3.16. The minimum atomic E-state index is 0.484. The van der Waals surface area contributed by atoms with E-state index in [2.05, 4.69) is 4.98 Å². The highest BCUT2D eigenvalue weighted by Crippen LogP contribution is 2.28. The van der Waals surface area contributed by atoms with Crippen molar-refractivity contribution in [3.63, 3.8) is 0 Å². The summed E-state index contributed by atoms with van der Waals surface area (Å²) in [6, 6.07) is 15.6. The standard InChI is InChI=1S/C16H15N3O/c17-14-9-19-15-7-6-12(8-13(15)16(14)18)20-10-11-4-2-1-3-5-11/h1-9H,10,17H2,(H2,18,19). The number of hydrogen-bond acceptors (Lipinski definition) is 4. The first-order valence-electron chi connectivity index (χ1n) is 6.34. The zero-order chi connectivity index (χ0) is 13.9. The Labute approximate surface area is 117 Å². The van der Waals surface area contributed by atoms with Gasteiger partial charge in [0.1, 0.15) is 12.4 Å². The van der Waals surface area contributed by atoms with Crippen molar-refractivity contribution in [2.45, 2.75) is 6.61 Å². The molecule has 1 heterocycles. The van der Waals surface area contributed by atoms with E-state index in [4.69, 9.17) is 16.2 Å². The number of nitrogens with two attached hydrogens (primary N) is 2. The molecule has 100 valence electrons. The van der Waals surface area contributed by atoms with E-state index in [0.29, 0.717) is 18.0 Å². The van der Waals surface area contributed by atoms with Crippen LogP contribution < -0.4 is 16.2 Å². The number of hydrogen-bond donors (Lipinski definition) is 2. The van der Waals surface area contributed by atoms with Gasteiger partial charge in [-0.3, -0.25) is 4.98 Å². The fourth-order valence-electron chi connectivity index (χ4n) is 2.04. The first-order valence-corrected chi connectivity index (χ1v) is 6.34. The molecule has 0 spiro atoms. The van der Waals surface area contributed by atoms with Crippen molar-refractivity contribution in [3.05, 3.63) is 60.3 Å². The fraction of sp³-hybridized carbons (Fsp3) is 0.0625. The summed E-state index contributed by atoms with van der Waals surface area (Å²) in [6.07, 6.45) is 1.57. The lowest BCUT2D eigenvalue weighted by Crippen LogP contribution is -1.98. The molecule has 4 nitrogen and oxygen atoms in total. The van der Waals surface area contributed by atoms with Crippen molar-refractivity contribution >= 4 is 22.3 Å². The molecule has 4 N–H and O–H groups in total. The van der Waals surface area contributed by atoms with Crippen molar-refractivity contribution < 1.29 is 4.74 Å². The van der Waals surface area contributed by atoms with Crippen LogP contribution in [-0.2, 0) is 6.61 Å². The monoisotopic (exact) mass is 265 g/mol. The number of ether oxygens (including phenoxy) is 1. The minimum Gasteiger partial charge on any atom is -0.489 e. The van der Waals surface area contributed by atoms with Crippen molar-refractivity contribution in [1.29, 1.82) is 0 Å². The van der Waals surface area contributed by atoms with Gasteiger partial charge in [0.2, 0.25) is 0 Å². The van der Waals surface area contributed by atoms with Gasteiger partial charge < -0.3 is 16.2 Å². The number of pyridine rings is 1. The quantitative estimate of drug-likeness (QED) is 0.763. The molecule has 3 rings (SSSR count). The summed E-state index contributed by atoms with van der Waals surface area (Å²) in [5, 5.41) is 0.815. The van der Waals surface area contributed by atoms with Crippen LogP contribution in [0.1, 0.15) is 5.56 Å². The fourth-order valence-corrected chi connectivity index (χ4v) is 2.04. The Morgan fingerprint density at radius 3 is 2.60 bits per heavy atom. The molecule has 0 unspecified atom stereocenters. The lowest BCUT2D eigenvalue weighted by Gasteiger charge is -2.09. The van der Waals surface area contributed by atoms with E-state index in [-0.39, 0.29) is 0 Å². The minimum absolute atomic E-state index is 0.484. The maximum absolute atomic E-state index is 5.97. The van der Waals surface area contributed by atoms with Crippen LogP contribution in [0.25, 0.3) is 10.9 Å². The van der Waals surface area contributed by atoms with E-state index in [1.54, 1.807) is 6.20 Å². The van der Waals surface area contributed by atoms with Gasteiger partial charge in [-0.25, -0.2) is 0 Å². The van der Waals surface area contributed by atoms with Gasteiger partial charge in [0.05, 0.1) is 23.1 Å². The van der Waals surface area contributed by atoms with Crippen LogP contribution in [0.4, 0.5) is 11.4 Å². The Bertz CT molecular complexity index is 741. The normalized spacial score (nSPS) is 10.6. The van der Waals surface area contributed by atoms with E-state index < -0.39 is 0 Å². The lowest BCUT2D eigenvalue weighted by atomic mass is 10.1. The molecule has 0 fully saturated rings. The number of nitrogens with zero attached hydrogens (tertiary/aromatic N) is 1. The van der Waals surface area contributed by atoms with Crippen molar-refractivity contribution in [2.24, 2.45) is 0 Å². The predicted molar refractivity (Wildman–Crippen MR) is 81.3 cm³/mol. The van der Waals surface area contributed by atoms with E-state index in [9.17, 15) is 0 Å². The maximum Gasteiger partial charge on any atom is 0.120 e. The summed E-state index contributed by atoms with van der Waals surface area (Å²) in [7, 11) is 0. The molecule has 0 aliphatic rings. The highest BCUT2D eigenvalue weighted by molar-refractivity contribution is 5.96. The molecular weight excluding hydrogens is 250 g/mol. The molecule has 3 aromatic rings. The Balaban J connectivity index is 1.87. The number of rotatable bonds is 3. The Hall–Kier alpha value is -2.75. The first kappa shape index (κ1) is 12.3. The molecule has 2 aromatic carbocycles. The molecule has 0 atom stereocenters. The topological polar surface area (TPSA) is 74.2 Å². The number of nitrogen functional groups attached to an aromatic ring is 2. The second-order valence-corrected chi connectivity index (χ2v) is 4.58. The Morgan fingerprint density at radius 1 is 1.00 bits per heavy atom. The summed E-state index contributed by atoms with van der Waals surface area (Å²) in [6.45, 7) is 0.516. The zero-order valence-corrected chi connectivity index (χ0v) is 10.9. The molecule has 0 saturated heterocycles. The number of aromatic nitrogens is 1. The van der Waals surface area contributed by atoms with Gasteiger partial charge in [0.25, 0.3) is 0 Å². The van der Waals surface area contributed by atoms with Crippen LogP contribution in [0.2, 0.25) is 0 Å². The average molecular weight is 265 g/mol. The van der Waals surface area contributed by atoms with Crippen LogP contribution in [0.15, 0.2) is 54.7 Å². The third-order valence-electron chi connectivity index (χ3n) is 3.16. The highest BCUT2D eigenvalue weighted by Gasteiger charge is 2.05. The molecular formula is C16H15N3O. The summed E-state index contributed by atoms with van der Waals surface area (Å²) in [5.41, 5.74) is 14.7. The van der Waals surface area contributed by atoms with Gasteiger partial charge in [-0.15, -0.1) is 0 Å². The van der Waals surface area contributed by atoms with Crippen LogP contribution in [0, 0.1) is 0 Å². The second kappa shape index (κ2) is 5.09. The summed E-state index contributed by atoms with van der Waals surface area (Å²) < 4.78 is 5.77. The first-order chi connectivity index (χ1) is 9.74. The maximum atomic E-state index is 5.97. The van der Waals surface area contributed by atoms with Crippen LogP contribution >= 0.6 is 0 Å². The van der Waals surface area contributed by atoms with Crippen molar-refractivity contribution in [3.8, 4) is 5.75 Å². The van der Waals surface area contributed by atoms with Crippen molar-refractivity contribution in [1.82, 2.24) is 4.98 Å². The number of fused-ring (bicyclic) bond motifs is 1. The van der Waals surface area contributed by atoms with E-state index in [1.807, 2.05) is 48.5 Å². The van der Waals surface area contributed by atoms with Crippen LogP contribution in [0.5, 0.6) is 5.75 Å². The predicted octanol–water partition coefficient (Wildman–Crippen LogP) is 2.98. The van der Waals surface area contributed by atoms with Gasteiger partial charge >= 0.3 is 0 Å². The molecule has 4 heteroatoms. The van der Waals surface area contributed by atoms with Gasteiger partial charge in [-0.05, 0) is 23.8 Å². The van der Waals surface area contributed by atoms with Gasteiger partial charge in [0, 0.05) is 5.39 Å². The summed E-state index contributed by atoms with van der Waals surface area (Å²) in [5.74, 6) is 0.750. The molecule has 1 aromatic heterocycles. The number of anilines is 2. The Kier molecular flexibility index (Phi) is 3.13. The SMILES string of the molecule is Nc1cnc2ccc(OCc3ccccc3)cc2c1N. The summed E-state index contributed by atoms with van der Waals surface area (Å²) in [4.78, 5) is 4.24. The smallest absolute Gasteiger partial charge is 0.120 e. The molecule has 0 saturated carbocycles. The molecule has 20 heavy (non-hydrogen) atoms. The van der Waals surface area contributed by atoms with Gasteiger partial charge in [0.15, 0.2) is 0 Å². The van der Waals surface area contributed by atoms with E-state index in [0.717, 1.165) is 22.2 Å². The Morgan fingerprint density at radius 2 is 1.80 bits per heavy atom. The van der Waals surface area contributed by atoms with Crippen LogP contribution in [0.3, 0.4) is 0 Å². The van der Waals surface area contributed by atoms with Crippen molar-refractivity contribution in [2.75, 3.05) is 11.5 Å².